The normalized spacial score (nSPS) is 13.1. The van der Waals surface area contributed by atoms with Gasteiger partial charge in [0.15, 0.2) is 0 Å². The van der Waals surface area contributed by atoms with Gasteiger partial charge in [-0.15, -0.1) is 0 Å². The predicted octanol–water partition coefficient (Wildman–Crippen LogP) is 1.74. The highest BCUT2D eigenvalue weighted by atomic mass is 16.4. The van der Waals surface area contributed by atoms with Gasteiger partial charge in [-0.2, -0.15) is 0 Å². The number of aromatic nitrogens is 2. The Bertz CT molecular complexity index is 575. The van der Waals surface area contributed by atoms with Gasteiger partial charge in [-0.25, -0.2) is 9.78 Å². The summed E-state index contributed by atoms with van der Waals surface area (Å²) in [6.45, 7) is 2.29. The molecule has 0 radical (unpaired) electrons. The second-order valence-electron chi connectivity index (χ2n) is 4.64. The van der Waals surface area contributed by atoms with Crippen molar-refractivity contribution in [1.82, 2.24) is 14.5 Å². The Morgan fingerprint density at radius 1 is 1.44 bits per heavy atom. The molecule has 0 saturated heterocycles. The number of hydrogen-bond acceptors (Lipinski definition) is 3. The molecule has 1 aromatic carbocycles. The lowest BCUT2D eigenvalue weighted by Gasteiger charge is -2.16. The summed E-state index contributed by atoms with van der Waals surface area (Å²) in [5.41, 5.74) is 1.70. The number of imidazole rings is 1. The van der Waals surface area contributed by atoms with Gasteiger partial charge in [-0.1, -0.05) is 12.1 Å². The first-order chi connectivity index (χ1) is 8.50. The van der Waals surface area contributed by atoms with Crippen molar-refractivity contribution >= 4 is 17.0 Å². The van der Waals surface area contributed by atoms with E-state index in [0.29, 0.717) is 6.54 Å². The molecule has 2 rings (SSSR count). The zero-order valence-corrected chi connectivity index (χ0v) is 10.8. The van der Waals surface area contributed by atoms with E-state index in [2.05, 4.69) is 4.98 Å². The maximum Gasteiger partial charge on any atom is 0.326 e. The molecule has 1 atom stereocenters. The molecule has 0 aliphatic heterocycles. The molecule has 0 bridgehead atoms. The lowest BCUT2D eigenvalue weighted by atomic mass is 10.2. The number of carboxylic acid groups (broad SMARTS) is 1. The molecular formula is C13H17N3O2. The van der Waals surface area contributed by atoms with Crippen LogP contribution in [0.4, 0.5) is 0 Å². The Hall–Kier alpha value is -1.88. The molecule has 0 saturated carbocycles. The minimum Gasteiger partial charge on any atom is -0.480 e. The summed E-state index contributed by atoms with van der Waals surface area (Å²) in [5.74, 6) is -0.0748. The van der Waals surface area contributed by atoms with E-state index in [9.17, 15) is 9.90 Å². The number of hydrogen-bond donors (Lipinski definition) is 1. The second kappa shape index (κ2) is 4.78. The SMILES string of the molecule is CC(C(=O)O)n1c(CN(C)C)nc2ccccc21. The first-order valence-corrected chi connectivity index (χ1v) is 5.84. The lowest BCUT2D eigenvalue weighted by Crippen LogP contribution is -2.21. The van der Waals surface area contributed by atoms with Crippen molar-refractivity contribution in [3.8, 4) is 0 Å². The number of para-hydroxylation sites is 2. The molecule has 0 aliphatic rings. The minimum atomic E-state index is -0.849. The fraction of sp³-hybridized carbons (Fsp3) is 0.385. The molecule has 0 amide bonds. The van der Waals surface area contributed by atoms with Crippen molar-refractivity contribution in [2.45, 2.75) is 19.5 Å². The van der Waals surface area contributed by atoms with E-state index in [1.54, 1.807) is 11.5 Å². The first-order valence-electron chi connectivity index (χ1n) is 5.84. The number of carboxylic acids is 1. The van der Waals surface area contributed by atoms with Crippen molar-refractivity contribution in [2.75, 3.05) is 14.1 Å². The summed E-state index contributed by atoms with van der Waals surface area (Å²) in [5, 5.41) is 9.21. The summed E-state index contributed by atoms with van der Waals surface area (Å²) < 4.78 is 1.79. The number of fused-ring (bicyclic) bond motifs is 1. The van der Waals surface area contributed by atoms with E-state index in [1.807, 2.05) is 43.3 Å². The Kier molecular flexibility index (Phi) is 3.34. The van der Waals surface area contributed by atoms with Crippen molar-refractivity contribution in [2.24, 2.45) is 0 Å². The number of rotatable bonds is 4. The van der Waals surface area contributed by atoms with Crippen LogP contribution in [0.15, 0.2) is 24.3 Å². The number of benzene rings is 1. The van der Waals surface area contributed by atoms with Crippen LogP contribution in [-0.2, 0) is 11.3 Å². The molecule has 1 N–H and O–H groups in total. The second-order valence-corrected chi connectivity index (χ2v) is 4.64. The molecule has 96 valence electrons. The summed E-state index contributed by atoms with van der Waals surface area (Å²) in [6.07, 6.45) is 0. The van der Waals surface area contributed by atoms with Gasteiger partial charge in [-0.3, -0.25) is 0 Å². The van der Waals surface area contributed by atoms with Crippen LogP contribution in [0.3, 0.4) is 0 Å². The average molecular weight is 247 g/mol. The third-order valence-corrected chi connectivity index (χ3v) is 2.87. The molecule has 0 fully saturated rings. The first kappa shape index (κ1) is 12.6. The van der Waals surface area contributed by atoms with Crippen LogP contribution in [0, 0.1) is 0 Å². The van der Waals surface area contributed by atoms with Crippen molar-refractivity contribution in [1.29, 1.82) is 0 Å². The summed E-state index contributed by atoms with van der Waals surface area (Å²) in [4.78, 5) is 17.7. The topological polar surface area (TPSA) is 58.4 Å². The number of nitrogens with zero attached hydrogens (tertiary/aromatic N) is 3. The standard InChI is InChI=1S/C13H17N3O2/c1-9(13(17)18)16-11-7-5-4-6-10(11)14-12(16)8-15(2)3/h4-7,9H,8H2,1-3H3,(H,17,18). The van der Waals surface area contributed by atoms with Crippen LogP contribution in [0.5, 0.6) is 0 Å². The maximum absolute atomic E-state index is 11.2. The Morgan fingerprint density at radius 3 is 2.72 bits per heavy atom. The molecule has 5 nitrogen and oxygen atoms in total. The zero-order chi connectivity index (χ0) is 13.3. The number of aliphatic carboxylic acids is 1. The van der Waals surface area contributed by atoms with E-state index in [0.717, 1.165) is 16.9 Å². The zero-order valence-electron chi connectivity index (χ0n) is 10.8. The highest BCUT2D eigenvalue weighted by Crippen LogP contribution is 2.21. The van der Waals surface area contributed by atoms with E-state index in [1.165, 1.54) is 0 Å². The Labute approximate surface area is 106 Å². The fourth-order valence-electron chi connectivity index (χ4n) is 2.03. The van der Waals surface area contributed by atoms with Gasteiger partial charge in [0.1, 0.15) is 11.9 Å². The van der Waals surface area contributed by atoms with Gasteiger partial charge in [0.25, 0.3) is 0 Å². The summed E-state index contributed by atoms with van der Waals surface area (Å²) in [6, 6.07) is 6.99. The highest BCUT2D eigenvalue weighted by molar-refractivity contribution is 5.80. The van der Waals surface area contributed by atoms with Gasteiger partial charge in [0, 0.05) is 0 Å². The molecule has 0 spiro atoms. The molecule has 1 unspecified atom stereocenters. The maximum atomic E-state index is 11.2. The third kappa shape index (κ3) is 2.22. The molecule has 2 aromatic rings. The summed E-state index contributed by atoms with van der Waals surface area (Å²) in [7, 11) is 3.88. The van der Waals surface area contributed by atoms with E-state index in [-0.39, 0.29) is 0 Å². The number of carbonyl (C=O) groups is 1. The molecule has 0 aliphatic carbocycles. The molecule has 5 heteroatoms. The largest absolute Gasteiger partial charge is 0.480 e. The fourth-order valence-corrected chi connectivity index (χ4v) is 2.03. The van der Waals surface area contributed by atoms with Crippen molar-refractivity contribution < 1.29 is 9.90 Å². The minimum absolute atomic E-state index is 0.617. The molecule has 1 aromatic heterocycles. The van der Waals surface area contributed by atoms with Gasteiger partial charge in [0.05, 0.1) is 17.6 Å². The lowest BCUT2D eigenvalue weighted by molar-refractivity contribution is -0.140. The van der Waals surface area contributed by atoms with Gasteiger partial charge < -0.3 is 14.6 Å². The molecular weight excluding hydrogens is 230 g/mol. The van der Waals surface area contributed by atoms with Crippen LogP contribution in [-0.4, -0.2) is 39.6 Å². The Morgan fingerprint density at radius 2 is 2.11 bits per heavy atom. The molecule has 18 heavy (non-hydrogen) atoms. The van der Waals surface area contributed by atoms with Crippen LogP contribution >= 0.6 is 0 Å². The van der Waals surface area contributed by atoms with Crippen LogP contribution in [0.2, 0.25) is 0 Å². The van der Waals surface area contributed by atoms with Crippen molar-refractivity contribution in [3.63, 3.8) is 0 Å². The van der Waals surface area contributed by atoms with E-state index < -0.39 is 12.0 Å². The van der Waals surface area contributed by atoms with Crippen molar-refractivity contribution in [3.05, 3.63) is 30.1 Å². The molecule has 1 heterocycles. The predicted molar refractivity (Wildman–Crippen MR) is 69.5 cm³/mol. The van der Waals surface area contributed by atoms with Gasteiger partial charge >= 0.3 is 5.97 Å². The smallest absolute Gasteiger partial charge is 0.326 e. The highest BCUT2D eigenvalue weighted by Gasteiger charge is 2.20. The van der Waals surface area contributed by atoms with Crippen LogP contribution < -0.4 is 0 Å². The third-order valence-electron chi connectivity index (χ3n) is 2.87. The van der Waals surface area contributed by atoms with Gasteiger partial charge in [0.2, 0.25) is 0 Å². The van der Waals surface area contributed by atoms with E-state index >= 15 is 0 Å². The van der Waals surface area contributed by atoms with Gasteiger partial charge in [-0.05, 0) is 33.2 Å². The Balaban J connectivity index is 2.61. The van der Waals surface area contributed by atoms with Crippen LogP contribution in [0.25, 0.3) is 11.0 Å². The quantitative estimate of drug-likeness (QED) is 0.894. The monoisotopic (exact) mass is 247 g/mol. The average Bonchev–Trinajstić information content (AvgIpc) is 2.64. The van der Waals surface area contributed by atoms with E-state index in [4.69, 9.17) is 0 Å². The summed E-state index contributed by atoms with van der Waals surface area (Å²) >= 11 is 0. The van der Waals surface area contributed by atoms with Crippen LogP contribution in [0.1, 0.15) is 18.8 Å².